The Hall–Kier alpha value is -3.29. The van der Waals surface area contributed by atoms with Crippen LogP contribution in [0.15, 0.2) is 59.7 Å². The van der Waals surface area contributed by atoms with E-state index in [4.69, 9.17) is 37.8 Å². The summed E-state index contributed by atoms with van der Waals surface area (Å²) < 4.78 is 25.0. The van der Waals surface area contributed by atoms with Crippen LogP contribution >= 0.6 is 23.2 Å². The Morgan fingerprint density at radius 1 is 1.13 bits per heavy atom. The average Bonchev–Trinajstić information content (AvgIpc) is 2.74. The molecule has 3 aromatic carbocycles. The minimum Gasteiger partial charge on any atom is -0.493 e. The Labute approximate surface area is 187 Å². The van der Waals surface area contributed by atoms with Gasteiger partial charge in [-0.3, -0.25) is 5.43 Å². The van der Waals surface area contributed by atoms with Gasteiger partial charge in [0.15, 0.2) is 11.5 Å². The molecule has 0 heterocycles. The summed E-state index contributed by atoms with van der Waals surface area (Å²) in [6.07, 6.45) is 1.51. The van der Waals surface area contributed by atoms with Crippen molar-refractivity contribution in [3.05, 3.63) is 87.2 Å². The van der Waals surface area contributed by atoms with Gasteiger partial charge in [0.05, 0.1) is 34.6 Å². The summed E-state index contributed by atoms with van der Waals surface area (Å²) in [4.78, 5) is 11.2. The van der Waals surface area contributed by atoms with Gasteiger partial charge in [-0.25, -0.2) is 9.18 Å². The molecule has 3 aromatic rings. The van der Waals surface area contributed by atoms with Gasteiger partial charge in [-0.2, -0.15) is 5.10 Å². The number of methoxy groups -OCH3 is 1. The van der Waals surface area contributed by atoms with Crippen LogP contribution in [0.5, 0.6) is 11.5 Å². The van der Waals surface area contributed by atoms with E-state index in [2.05, 4.69) is 10.5 Å². The van der Waals surface area contributed by atoms with Crippen LogP contribution in [0.1, 0.15) is 21.5 Å². The molecule has 0 amide bonds. The normalized spacial score (nSPS) is 10.8. The number of aromatic carboxylic acids is 1. The number of halogens is 3. The molecule has 0 unspecified atom stereocenters. The molecule has 6 nitrogen and oxygen atoms in total. The molecule has 0 aliphatic heterocycles. The molecule has 9 heteroatoms. The Morgan fingerprint density at radius 3 is 2.65 bits per heavy atom. The van der Waals surface area contributed by atoms with Crippen molar-refractivity contribution < 1.29 is 23.8 Å². The first kappa shape index (κ1) is 22.4. The van der Waals surface area contributed by atoms with Gasteiger partial charge in [0.25, 0.3) is 0 Å². The molecule has 0 aliphatic carbocycles. The number of hydrogen-bond acceptors (Lipinski definition) is 5. The van der Waals surface area contributed by atoms with Crippen LogP contribution in [0.4, 0.5) is 10.1 Å². The van der Waals surface area contributed by atoms with Crippen molar-refractivity contribution in [2.24, 2.45) is 5.10 Å². The number of nitrogens with one attached hydrogen (secondary N) is 1. The largest absolute Gasteiger partial charge is 0.493 e. The van der Waals surface area contributed by atoms with E-state index in [9.17, 15) is 9.18 Å². The molecule has 0 fully saturated rings. The standard InChI is InChI=1S/C22H17Cl2FN2O4/c1-30-20-8-5-13(9-21(20)31-12-16-17(23)3-2-4-19(16)25)11-26-27-14-6-7-18(24)15(10-14)22(28)29/h2-11,27H,12H2,1H3,(H,28,29)/b26-11-. The maximum Gasteiger partial charge on any atom is 0.337 e. The summed E-state index contributed by atoms with van der Waals surface area (Å²) in [6.45, 7) is -0.0799. The first-order chi connectivity index (χ1) is 14.9. The lowest BCUT2D eigenvalue weighted by molar-refractivity contribution is 0.0697. The second kappa shape index (κ2) is 10.1. The topological polar surface area (TPSA) is 80.2 Å². The van der Waals surface area contributed by atoms with Crippen LogP contribution in [0.2, 0.25) is 10.0 Å². The van der Waals surface area contributed by atoms with Gasteiger partial charge in [0, 0.05) is 5.56 Å². The summed E-state index contributed by atoms with van der Waals surface area (Å²) in [7, 11) is 1.49. The van der Waals surface area contributed by atoms with Crippen molar-refractivity contribution in [1.29, 1.82) is 0 Å². The van der Waals surface area contributed by atoms with Crippen molar-refractivity contribution in [3.63, 3.8) is 0 Å². The number of carboxylic acid groups (broad SMARTS) is 1. The van der Waals surface area contributed by atoms with E-state index in [1.54, 1.807) is 30.3 Å². The molecule has 0 saturated carbocycles. The average molecular weight is 463 g/mol. The third kappa shape index (κ3) is 5.65. The summed E-state index contributed by atoms with van der Waals surface area (Å²) in [5, 5.41) is 13.6. The number of hydrogen-bond donors (Lipinski definition) is 2. The molecule has 160 valence electrons. The second-order valence-corrected chi connectivity index (χ2v) is 7.08. The molecule has 0 aliphatic rings. The maximum absolute atomic E-state index is 14.0. The van der Waals surface area contributed by atoms with E-state index in [0.717, 1.165) is 0 Å². The van der Waals surface area contributed by atoms with Crippen molar-refractivity contribution >= 4 is 41.1 Å². The third-order valence-corrected chi connectivity index (χ3v) is 4.91. The maximum atomic E-state index is 14.0. The second-order valence-electron chi connectivity index (χ2n) is 6.27. The van der Waals surface area contributed by atoms with Gasteiger partial charge < -0.3 is 14.6 Å². The van der Waals surface area contributed by atoms with Crippen LogP contribution in [0.25, 0.3) is 0 Å². The first-order valence-electron chi connectivity index (χ1n) is 8.94. The van der Waals surface area contributed by atoms with Crippen molar-refractivity contribution in [2.45, 2.75) is 6.61 Å². The monoisotopic (exact) mass is 462 g/mol. The zero-order valence-electron chi connectivity index (χ0n) is 16.2. The first-order valence-corrected chi connectivity index (χ1v) is 9.70. The molecule has 0 aromatic heterocycles. The van der Waals surface area contributed by atoms with Crippen LogP contribution in [-0.2, 0) is 6.61 Å². The summed E-state index contributed by atoms with van der Waals surface area (Å²) >= 11 is 11.9. The van der Waals surface area contributed by atoms with Gasteiger partial charge in [-0.1, -0.05) is 29.3 Å². The van der Waals surface area contributed by atoms with Crippen molar-refractivity contribution in [2.75, 3.05) is 12.5 Å². The Balaban J connectivity index is 1.74. The number of benzene rings is 3. The highest BCUT2D eigenvalue weighted by Crippen LogP contribution is 2.30. The summed E-state index contributed by atoms with van der Waals surface area (Å²) in [5.41, 5.74) is 4.07. The lowest BCUT2D eigenvalue weighted by Gasteiger charge is -2.12. The predicted molar refractivity (Wildman–Crippen MR) is 118 cm³/mol. The number of nitrogens with zero attached hydrogens (tertiary/aromatic N) is 1. The van der Waals surface area contributed by atoms with E-state index in [1.807, 2.05) is 0 Å². The van der Waals surface area contributed by atoms with Crippen LogP contribution in [-0.4, -0.2) is 24.4 Å². The Bertz CT molecular complexity index is 1120. The van der Waals surface area contributed by atoms with Crippen LogP contribution in [0.3, 0.4) is 0 Å². The van der Waals surface area contributed by atoms with Gasteiger partial charge in [-0.05, 0) is 54.1 Å². The predicted octanol–water partition coefficient (Wildman–Crippen LogP) is 5.86. The molecule has 0 atom stereocenters. The molecule has 31 heavy (non-hydrogen) atoms. The SMILES string of the molecule is COc1ccc(/C=N\Nc2ccc(Cl)c(C(=O)O)c2)cc1OCc1c(F)cccc1Cl. The van der Waals surface area contributed by atoms with E-state index < -0.39 is 11.8 Å². The molecule has 0 saturated heterocycles. The minimum absolute atomic E-state index is 0.0335. The summed E-state index contributed by atoms with van der Waals surface area (Å²) in [5.74, 6) is -0.756. The van der Waals surface area contributed by atoms with Gasteiger partial charge in [0.1, 0.15) is 12.4 Å². The highest BCUT2D eigenvalue weighted by molar-refractivity contribution is 6.33. The molecule has 0 radical (unpaired) electrons. The fourth-order valence-corrected chi connectivity index (χ4v) is 3.06. The molecular weight excluding hydrogens is 446 g/mol. The Kier molecular flexibility index (Phi) is 7.33. The zero-order chi connectivity index (χ0) is 22.4. The molecule has 0 spiro atoms. The third-order valence-electron chi connectivity index (χ3n) is 4.23. The molecule has 0 bridgehead atoms. The fourth-order valence-electron chi connectivity index (χ4n) is 2.65. The smallest absolute Gasteiger partial charge is 0.337 e. The number of ether oxygens (including phenoxy) is 2. The van der Waals surface area contributed by atoms with Gasteiger partial charge in [-0.15, -0.1) is 0 Å². The van der Waals surface area contributed by atoms with Crippen LogP contribution < -0.4 is 14.9 Å². The number of hydrazone groups is 1. The van der Waals surface area contributed by atoms with Gasteiger partial charge in [0.2, 0.25) is 0 Å². The van der Waals surface area contributed by atoms with E-state index in [-0.39, 0.29) is 27.8 Å². The fraction of sp³-hybridized carbons (Fsp3) is 0.0909. The quantitative estimate of drug-likeness (QED) is 0.323. The highest BCUT2D eigenvalue weighted by Gasteiger charge is 2.11. The highest BCUT2D eigenvalue weighted by atomic mass is 35.5. The van der Waals surface area contributed by atoms with E-state index in [0.29, 0.717) is 22.7 Å². The van der Waals surface area contributed by atoms with E-state index >= 15 is 0 Å². The number of carbonyl (C=O) groups is 1. The lowest BCUT2D eigenvalue weighted by atomic mass is 10.2. The van der Waals surface area contributed by atoms with Crippen molar-refractivity contribution in [1.82, 2.24) is 0 Å². The van der Waals surface area contributed by atoms with Gasteiger partial charge >= 0.3 is 5.97 Å². The molecular formula is C22H17Cl2FN2O4. The number of anilines is 1. The van der Waals surface area contributed by atoms with Crippen molar-refractivity contribution in [3.8, 4) is 11.5 Å². The zero-order valence-corrected chi connectivity index (χ0v) is 17.7. The number of rotatable bonds is 8. The van der Waals surface area contributed by atoms with E-state index in [1.165, 1.54) is 37.6 Å². The summed E-state index contributed by atoms with van der Waals surface area (Å²) in [6, 6.07) is 14.0. The van der Waals surface area contributed by atoms with Crippen LogP contribution in [0, 0.1) is 5.82 Å². The number of carboxylic acids is 1. The minimum atomic E-state index is -1.13. The Morgan fingerprint density at radius 2 is 1.94 bits per heavy atom. The lowest BCUT2D eigenvalue weighted by Crippen LogP contribution is -2.02. The molecule has 2 N–H and O–H groups in total. The molecule has 3 rings (SSSR count).